The highest BCUT2D eigenvalue weighted by molar-refractivity contribution is 5.38. The smallest absolute Gasteiger partial charge is 0.113 e. The van der Waals surface area contributed by atoms with E-state index in [0.29, 0.717) is 5.92 Å². The Morgan fingerprint density at radius 2 is 2.10 bits per heavy atom. The fraction of sp³-hybridized carbons (Fsp3) is 0.471. The Balaban J connectivity index is 1.75. The van der Waals surface area contributed by atoms with Gasteiger partial charge in [0.15, 0.2) is 0 Å². The van der Waals surface area contributed by atoms with Crippen molar-refractivity contribution in [1.82, 2.24) is 15.3 Å². The van der Waals surface area contributed by atoms with Crippen molar-refractivity contribution in [3.8, 4) is 0 Å². The van der Waals surface area contributed by atoms with E-state index in [1.807, 2.05) is 6.20 Å². The lowest BCUT2D eigenvalue weighted by molar-refractivity contribution is 0.421. The maximum atomic E-state index is 4.60. The third-order valence-corrected chi connectivity index (χ3v) is 3.92. The summed E-state index contributed by atoms with van der Waals surface area (Å²) in [6.45, 7) is 7.37. The van der Waals surface area contributed by atoms with Gasteiger partial charge in [-0.25, -0.2) is 4.98 Å². The van der Waals surface area contributed by atoms with E-state index in [4.69, 9.17) is 0 Å². The zero-order valence-corrected chi connectivity index (χ0v) is 12.5. The molecule has 0 bridgehead atoms. The molecule has 1 aliphatic rings. The molecule has 0 saturated carbocycles. The number of H-pyrrole nitrogens is 1. The first-order valence-electron chi connectivity index (χ1n) is 7.39. The van der Waals surface area contributed by atoms with Crippen LogP contribution in [0.25, 0.3) is 0 Å². The number of aromatic amines is 1. The quantitative estimate of drug-likeness (QED) is 0.897. The SMILES string of the molecule is CC(C)(C)NCc1cnc(C2CCc3ccccc32)[nH]1. The van der Waals surface area contributed by atoms with Crippen LogP contribution in [0.1, 0.15) is 55.8 Å². The average molecular weight is 269 g/mol. The number of aromatic nitrogens is 2. The Kier molecular flexibility index (Phi) is 3.38. The van der Waals surface area contributed by atoms with Gasteiger partial charge in [0, 0.05) is 29.9 Å². The van der Waals surface area contributed by atoms with Crippen molar-refractivity contribution in [3.05, 3.63) is 53.1 Å². The van der Waals surface area contributed by atoms with Gasteiger partial charge in [0.05, 0.1) is 0 Å². The zero-order valence-electron chi connectivity index (χ0n) is 12.5. The third-order valence-electron chi connectivity index (χ3n) is 3.92. The Morgan fingerprint density at radius 1 is 1.30 bits per heavy atom. The van der Waals surface area contributed by atoms with Crippen molar-refractivity contribution in [2.24, 2.45) is 0 Å². The maximum absolute atomic E-state index is 4.60. The van der Waals surface area contributed by atoms with Crippen LogP contribution in [0.3, 0.4) is 0 Å². The molecule has 1 aliphatic carbocycles. The van der Waals surface area contributed by atoms with E-state index >= 15 is 0 Å². The zero-order chi connectivity index (χ0) is 14.2. The minimum Gasteiger partial charge on any atom is -0.344 e. The summed E-state index contributed by atoms with van der Waals surface area (Å²) in [5, 5.41) is 3.49. The summed E-state index contributed by atoms with van der Waals surface area (Å²) in [7, 11) is 0. The first kappa shape index (κ1) is 13.4. The predicted molar refractivity (Wildman–Crippen MR) is 81.8 cm³/mol. The Hall–Kier alpha value is -1.61. The molecule has 3 rings (SSSR count). The van der Waals surface area contributed by atoms with Gasteiger partial charge in [0.1, 0.15) is 5.82 Å². The average Bonchev–Trinajstić information content (AvgIpc) is 3.01. The van der Waals surface area contributed by atoms with Gasteiger partial charge in [-0.05, 0) is 44.7 Å². The maximum Gasteiger partial charge on any atom is 0.113 e. The van der Waals surface area contributed by atoms with Crippen LogP contribution in [0, 0.1) is 0 Å². The van der Waals surface area contributed by atoms with Crippen molar-refractivity contribution < 1.29 is 0 Å². The van der Waals surface area contributed by atoms with Gasteiger partial charge in [-0.3, -0.25) is 0 Å². The van der Waals surface area contributed by atoms with Gasteiger partial charge >= 0.3 is 0 Å². The van der Waals surface area contributed by atoms with Crippen molar-refractivity contribution in [1.29, 1.82) is 0 Å². The molecule has 2 N–H and O–H groups in total. The summed E-state index contributed by atoms with van der Waals surface area (Å²) in [6, 6.07) is 8.73. The summed E-state index contributed by atoms with van der Waals surface area (Å²) in [5.74, 6) is 1.55. The van der Waals surface area contributed by atoms with Crippen LogP contribution in [-0.2, 0) is 13.0 Å². The van der Waals surface area contributed by atoms with Crippen LogP contribution < -0.4 is 5.32 Å². The number of nitrogens with one attached hydrogen (secondary N) is 2. The fourth-order valence-corrected chi connectivity index (χ4v) is 2.84. The van der Waals surface area contributed by atoms with Gasteiger partial charge in [0.25, 0.3) is 0 Å². The molecule has 20 heavy (non-hydrogen) atoms. The van der Waals surface area contributed by atoms with Crippen molar-refractivity contribution in [3.63, 3.8) is 0 Å². The lowest BCUT2D eigenvalue weighted by atomic mass is 10.0. The van der Waals surface area contributed by atoms with Crippen LogP contribution in [0.5, 0.6) is 0 Å². The minimum atomic E-state index is 0.130. The fourth-order valence-electron chi connectivity index (χ4n) is 2.84. The van der Waals surface area contributed by atoms with Gasteiger partial charge in [-0.2, -0.15) is 0 Å². The number of fused-ring (bicyclic) bond motifs is 1. The standard InChI is InChI=1S/C17H23N3/c1-17(2,3)19-11-13-10-18-16(20-13)15-9-8-12-6-4-5-7-14(12)15/h4-7,10,15,19H,8-9,11H2,1-3H3,(H,18,20). The molecule has 1 aromatic carbocycles. The van der Waals surface area contributed by atoms with Crippen molar-refractivity contribution in [2.45, 2.75) is 51.6 Å². The molecule has 2 aromatic rings. The van der Waals surface area contributed by atoms with Crippen molar-refractivity contribution >= 4 is 0 Å². The molecule has 0 saturated heterocycles. The number of imidazole rings is 1. The van der Waals surface area contributed by atoms with Gasteiger partial charge < -0.3 is 10.3 Å². The number of hydrogen-bond acceptors (Lipinski definition) is 2. The van der Waals surface area contributed by atoms with E-state index in [1.165, 1.54) is 23.2 Å². The van der Waals surface area contributed by atoms with Crippen LogP contribution in [0.15, 0.2) is 30.5 Å². The van der Waals surface area contributed by atoms with Crippen molar-refractivity contribution in [2.75, 3.05) is 0 Å². The number of nitrogens with zero attached hydrogens (tertiary/aromatic N) is 1. The molecule has 0 radical (unpaired) electrons. The number of benzene rings is 1. The molecular weight excluding hydrogens is 246 g/mol. The van der Waals surface area contributed by atoms with E-state index in [-0.39, 0.29) is 5.54 Å². The Morgan fingerprint density at radius 3 is 2.90 bits per heavy atom. The first-order chi connectivity index (χ1) is 9.53. The minimum absolute atomic E-state index is 0.130. The molecule has 0 amide bonds. The van der Waals surface area contributed by atoms with Gasteiger partial charge in [0.2, 0.25) is 0 Å². The monoisotopic (exact) mass is 269 g/mol. The number of hydrogen-bond donors (Lipinski definition) is 2. The Labute approximate surface area is 120 Å². The topological polar surface area (TPSA) is 40.7 Å². The second-order valence-corrected chi connectivity index (χ2v) is 6.69. The largest absolute Gasteiger partial charge is 0.344 e. The van der Waals surface area contributed by atoms with Crippen LogP contribution in [0.4, 0.5) is 0 Å². The van der Waals surface area contributed by atoms with E-state index in [1.54, 1.807) is 0 Å². The lowest BCUT2D eigenvalue weighted by Crippen LogP contribution is -2.35. The molecule has 106 valence electrons. The third kappa shape index (κ3) is 2.78. The predicted octanol–water partition coefficient (Wildman–Crippen LogP) is 3.38. The number of aryl methyl sites for hydroxylation is 1. The summed E-state index contributed by atoms with van der Waals surface area (Å²) in [4.78, 5) is 8.10. The molecule has 0 spiro atoms. The highest BCUT2D eigenvalue weighted by Crippen LogP contribution is 2.36. The second kappa shape index (κ2) is 5.06. The van der Waals surface area contributed by atoms with Crippen LogP contribution in [0.2, 0.25) is 0 Å². The summed E-state index contributed by atoms with van der Waals surface area (Å²) in [6.07, 6.45) is 4.30. The molecule has 3 heteroatoms. The lowest BCUT2D eigenvalue weighted by Gasteiger charge is -2.19. The van der Waals surface area contributed by atoms with Gasteiger partial charge in [-0.15, -0.1) is 0 Å². The molecule has 0 fully saturated rings. The van der Waals surface area contributed by atoms with Crippen LogP contribution in [-0.4, -0.2) is 15.5 Å². The normalized spacial score (nSPS) is 18.2. The molecule has 1 atom stereocenters. The highest BCUT2D eigenvalue weighted by Gasteiger charge is 2.25. The van der Waals surface area contributed by atoms with E-state index in [2.05, 4.69) is 60.3 Å². The van der Waals surface area contributed by atoms with Crippen LogP contribution >= 0.6 is 0 Å². The number of rotatable bonds is 3. The molecular formula is C17H23N3. The molecule has 1 heterocycles. The van der Waals surface area contributed by atoms with E-state index < -0.39 is 0 Å². The first-order valence-corrected chi connectivity index (χ1v) is 7.39. The molecule has 3 nitrogen and oxygen atoms in total. The summed E-state index contributed by atoms with van der Waals surface area (Å²) >= 11 is 0. The second-order valence-electron chi connectivity index (χ2n) is 6.69. The molecule has 1 aromatic heterocycles. The Bertz CT molecular complexity index is 592. The molecule has 1 unspecified atom stereocenters. The highest BCUT2D eigenvalue weighted by atomic mass is 15.0. The van der Waals surface area contributed by atoms with E-state index in [9.17, 15) is 0 Å². The summed E-state index contributed by atoms with van der Waals surface area (Å²) in [5.41, 5.74) is 4.21. The summed E-state index contributed by atoms with van der Waals surface area (Å²) < 4.78 is 0. The molecule has 0 aliphatic heterocycles. The van der Waals surface area contributed by atoms with E-state index in [0.717, 1.165) is 18.8 Å². The van der Waals surface area contributed by atoms with Gasteiger partial charge in [-0.1, -0.05) is 24.3 Å².